The Hall–Kier alpha value is -0.120. The van der Waals surface area contributed by atoms with Gasteiger partial charge in [-0.1, -0.05) is 0 Å². The number of aliphatic hydroxyl groups is 1. The predicted molar refractivity (Wildman–Crippen MR) is 21.8 cm³/mol. The molecule has 0 bridgehead atoms. The van der Waals surface area contributed by atoms with Crippen molar-refractivity contribution in [1.82, 2.24) is 0 Å². The summed E-state index contributed by atoms with van der Waals surface area (Å²) in [5.41, 5.74) is 0.699. The third-order valence-corrected chi connectivity index (χ3v) is 0.437. The second-order valence-electron chi connectivity index (χ2n) is 1.25. The van der Waals surface area contributed by atoms with Crippen LogP contribution in [-0.2, 0) is 0 Å². The van der Waals surface area contributed by atoms with Crippen molar-refractivity contribution in [2.24, 2.45) is 0 Å². The maximum atomic E-state index is 9.46. The Kier molecular flexibility index (Phi) is 3.02. The Balaban J connectivity index is 2.63. The molecule has 1 atom stereocenters. The molecule has 0 amide bonds. The summed E-state index contributed by atoms with van der Waals surface area (Å²) in [6, 6.07) is 0. The zero-order valence-corrected chi connectivity index (χ0v) is 3.72. The van der Waals surface area contributed by atoms with E-state index in [2.05, 4.69) is 0 Å². The van der Waals surface area contributed by atoms with Crippen molar-refractivity contribution in [2.75, 3.05) is 6.54 Å². The van der Waals surface area contributed by atoms with E-state index in [0.717, 1.165) is 0 Å². The third-order valence-electron chi connectivity index (χ3n) is 0.437. The molecule has 6 heavy (non-hydrogen) atoms. The highest BCUT2D eigenvalue weighted by Gasteiger charge is 1.88. The molecule has 0 aliphatic rings. The SMILES string of the molecule is CC(O)C[NH2+][O-]. The van der Waals surface area contributed by atoms with Gasteiger partial charge in [0.2, 0.25) is 0 Å². The third kappa shape index (κ3) is 3.88. The van der Waals surface area contributed by atoms with Crippen LogP contribution >= 0.6 is 0 Å². The standard InChI is InChI=1S/C3H9NO2/c1-3(5)2-4-6/h3,5H,2,4H2,1H3. The zero-order valence-electron chi connectivity index (χ0n) is 3.72. The highest BCUT2D eigenvalue weighted by Crippen LogP contribution is 1.64. The first-order chi connectivity index (χ1) is 2.77. The van der Waals surface area contributed by atoms with Crippen molar-refractivity contribution >= 4 is 0 Å². The van der Waals surface area contributed by atoms with Gasteiger partial charge in [0, 0.05) is 0 Å². The number of nitrogens with two attached hydrogens (primary N) is 1. The monoisotopic (exact) mass is 91.1 g/mol. The fourth-order valence-electron chi connectivity index (χ4n) is 0.139. The van der Waals surface area contributed by atoms with Crippen LogP contribution in [0.4, 0.5) is 0 Å². The van der Waals surface area contributed by atoms with Crippen molar-refractivity contribution in [3.8, 4) is 0 Å². The molecule has 0 aliphatic carbocycles. The van der Waals surface area contributed by atoms with Crippen molar-refractivity contribution in [3.63, 3.8) is 0 Å². The minimum atomic E-state index is -0.470. The van der Waals surface area contributed by atoms with E-state index in [0.29, 0.717) is 5.48 Å². The Morgan fingerprint density at radius 2 is 2.50 bits per heavy atom. The van der Waals surface area contributed by atoms with Crippen molar-refractivity contribution in [3.05, 3.63) is 5.21 Å². The van der Waals surface area contributed by atoms with Crippen molar-refractivity contribution in [2.45, 2.75) is 13.0 Å². The molecule has 1 unspecified atom stereocenters. The van der Waals surface area contributed by atoms with E-state index in [1.54, 1.807) is 6.92 Å². The van der Waals surface area contributed by atoms with Gasteiger partial charge in [-0.05, 0) is 6.92 Å². The maximum Gasteiger partial charge on any atom is 0.101 e. The van der Waals surface area contributed by atoms with E-state index < -0.39 is 6.10 Å². The molecule has 0 saturated heterocycles. The van der Waals surface area contributed by atoms with E-state index in [1.807, 2.05) is 0 Å². The van der Waals surface area contributed by atoms with Gasteiger partial charge in [0.25, 0.3) is 0 Å². The van der Waals surface area contributed by atoms with Crippen LogP contribution in [0.5, 0.6) is 0 Å². The van der Waals surface area contributed by atoms with Crippen LogP contribution < -0.4 is 5.48 Å². The number of rotatable bonds is 2. The molecule has 0 saturated carbocycles. The molecular formula is C3H9NO2. The number of hydrogen-bond donors (Lipinski definition) is 2. The van der Waals surface area contributed by atoms with E-state index in [-0.39, 0.29) is 6.54 Å². The predicted octanol–water partition coefficient (Wildman–Crippen LogP) is -1.57. The van der Waals surface area contributed by atoms with Crippen molar-refractivity contribution in [1.29, 1.82) is 0 Å². The van der Waals surface area contributed by atoms with E-state index in [1.165, 1.54) is 0 Å². The van der Waals surface area contributed by atoms with Gasteiger partial charge >= 0.3 is 0 Å². The van der Waals surface area contributed by atoms with Crippen LogP contribution in [0.3, 0.4) is 0 Å². The zero-order chi connectivity index (χ0) is 4.99. The Morgan fingerprint density at radius 3 is 2.50 bits per heavy atom. The highest BCUT2D eigenvalue weighted by molar-refractivity contribution is 4.34. The highest BCUT2D eigenvalue weighted by atomic mass is 16.5. The quantitative estimate of drug-likeness (QED) is 0.403. The fourth-order valence-corrected chi connectivity index (χ4v) is 0.139. The van der Waals surface area contributed by atoms with Crippen LogP contribution in [0.1, 0.15) is 6.92 Å². The molecule has 3 nitrogen and oxygen atoms in total. The summed E-state index contributed by atoms with van der Waals surface area (Å²) in [5.74, 6) is 0. The summed E-state index contributed by atoms with van der Waals surface area (Å²) < 4.78 is 0. The molecule has 0 aromatic rings. The topological polar surface area (TPSA) is 59.9 Å². The fraction of sp³-hybridized carbons (Fsp3) is 1.00. The Morgan fingerprint density at radius 1 is 2.00 bits per heavy atom. The van der Waals surface area contributed by atoms with E-state index in [9.17, 15) is 5.21 Å². The molecule has 0 spiro atoms. The van der Waals surface area contributed by atoms with Gasteiger partial charge in [0.05, 0.1) is 0 Å². The molecular weight excluding hydrogens is 82.0 g/mol. The molecule has 0 fully saturated rings. The van der Waals surface area contributed by atoms with E-state index in [4.69, 9.17) is 5.11 Å². The lowest BCUT2D eigenvalue weighted by atomic mass is 10.4. The summed E-state index contributed by atoms with van der Waals surface area (Å²) in [6.45, 7) is 1.83. The van der Waals surface area contributed by atoms with Gasteiger partial charge in [-0.3, -0.25) is 0 Å². The average molecular weight is 91.1 g/mol. The minimum absolute atomic E-state index is 0.250. The van der Waals surface area contributed by atoms with Gasteiger partial charge < -0.3 is 15.8 Å². The lowest BCUT2D eigenvalue weighted by Gasteiger charge is -2.01. The molecule has 0 heterocycles. The molecule has 0 aromatic heterocycles. The van der Waals surface area contributed by atoms with Crippen LogP contribution in [0.2, 0.25) is 0 Å². The molecule has 0 aromatic carbocycles. The van der Waals surface area contributed by atoms with E-state index >= 15 is 0 Å². The van der Waals surface area contributed by atoms with Crippen LogP contribution in [0.25, 0.3) is 0 Å². The first-order valence-corrected chi connectivity index (χ1v) is 1.89. The summed E-state index contributed by atoms with van der Waals surface area (Å²) in [6.07, 6.45) is -0.470. The van der Waals surface area contributed by atoms with Crippen LogP contribution in [-0.4, -0.2) is 17.8 Å². The molecule has 38 valence electrons. The normalized spacial score (nSPS) is 14.5. The molecule has 3 N–H and O–H groups in total. The second kappa shape index (κ2) is 3.08. The molecule has 3 heteroatoms. The number of hydroxylamine groups is 1. The van der Waals surface area contributed by atoms with Gasteiger partial charge in [0.1, 0.15) is 12.6 Å². The average Bonchev–Trinajstić information content (AvgIpc) is 1.35. The smallest absolute Gasteiger partial charge is 0.101 e. The first-order valence-electron chi connectivity index (χ1n) is 1.89. The van der Waals surface area contributed by atoms with Gasteiger partial charge in [-0.25, -0.2) is 0 Å². The van der Waals surface area contributed by atoms with Gasteiger partial charge in [0.15, 0.2) is 0 Å². The number of aliphatic hydroxyl groups excluding tert-OH is 1. The Labute approximate surface area is 36.6 Å². The molecule has 0 radical (unpaired) electrons. The lowest BCUT2D eigenvalue weighted by Crippen LogP contribution is -2.79. The molecule has 0 rings (SSSR count). The summed E-state index contributed by atoms with van der Waals surface area (Å²) in [5, 5.41) is 17.8. The molecule has 0 aliphatic heterocycles. The maximum absolute atomic E-state index is 9.46. The lowest BCUT2D eigenvalue weighted by molar-refractivity contribution is -0.595. The van der Waals surface area contributed by atoms with Crippen LogP contribution in [0, 0.1) is 5.21 Å². The Bertz CT molecular complexity index is 30.0. The second-order valence-corrected chi connectivity index (χ2v) is 1.25. The number of quaternary nitrogens is 1. The summed E-state index contributed by atoms with van der Waals surface area (Å²) >= 11 is 0. The summed E-state index contributed by atoms with van der Waals surface area (Å²) in [4.78, 5) is 0. The van der Waals surface area contributed by atoms with Gasteiger partial charge in [-0.2, -0.15) is 0 Å². The largest absolute Gasteiger partial charge is 0.636 e. The van der Waals surface area contributed by atoms with Crippen LogP contribution in [0.15, 0.2) is 0 Å². The summed E-state index contributed by atoms with van der Waals surface area (Å²) in [7, 11) is 0. The van der Waals surface area contributed by atoms with Gasteiger partial charge in [-0.15, -0.1) is 0 Å². The number of hydrogen-bond acceptors (Lipinski definition) is 2. The first kappa shape index (κ1) is 5.88. The van der Waals surface area contributed by atoms with Crippen molar-refractivity contribution < 1.29 is 10.6 Å². The minimum Gasteiger partial charge on any atom is -0.636 e.